The van der Waals surface area contributed by atoms with E-state index < -0.39 is 10.0 Å². The monoisotopic (exact) mass is 281 g/mol. The fourth-order valence-corrected chi connectivity index (χ4v) is 4.49. The summed E-state index contributed by atoms with van der Waals surface area (Å²) in [5, 5.41) is -0.0596. The predicted molar refractivity (Wildman–Crippen MR) is 60.0 cm³/mol. The van der Waals surface area contributed by atoms with Crippen molar-refractivity contribution in [1.82, 2.24) is 4.31 Å². The molecule has 0 aromatic carbocycles. The first kappa shape index (κ1) is 10.9. The molecule has 0 bridgehead atoms. The molecule has 2 aliphatic rings. The number of sulfonamides is 1. The Morgan fingerprint density at radius 3 is 2.43 bits per heavy atom. The van der Waals surface area contributed by atoms with E-state index >= 15 is 0 Å². The van der Waals surface area contributed by atoms with Crippen LogP contribution in [0.4, 0.5) is 0 Å². The number of nitrogens with zero attached hydrogens (tertiary/aromatic N) is 1. The fraction of sp³-hybridized carbons (Fsp3) is 1.00. The topological polar surface area (TPSA) is 37.4 Å². The van der Waals surface area contributed by atoms with Gasteiger partial charge in [-0.3, -0.25) is 0 Å². The van der Waals surface area contributed by atoms with E-state index in [2.05, 4.69) is 22.9 Å². The highest BCUT2D eigenvalue weighted by atomic mass is 79.9. The Hall–Kier alpha value is 0.390. The smallest absolute Gasteiger partial charge is 0.212 e. The molecule has 0 aromatic heterocycles. The van der Waals surface area contributed by atoms with Crippen LogP contribution in [0.5, 0.6) is 0 Å². The van der Waals surface area contributed by atoms with Gasteiger partial charge in [-0.25, -0.2) is 12.7 Å². The van der Waals surface area contributed by atoms with E-state index in [1.165, 1.54) is 0 Å². The van der Waals surface area contributed by atoms with Crippen LogP contribution in [-0.2, 0) is 10.0 Å². The van der Waals surface area contributed by atoms with Crippen molar-refractivity contribution in [2.75, 3.05) is 13.1 Å². The molecule has 0 radical (unpaired) electrons. The van der Waals surface area contributed by atoms with Crippen molar-refractivity contribution in [3.63, 3.8) is 0 Å². The van der Waals surface area contributed by atoms with E-state index in [1.54, 1.807) is 4.31 Å². The molecule has 1 saturated heterocycles. The largest absolute Gasteiger partial charge is 0.217 e. The molecule has 0 aromatic rings. The summed E-state index contributed by atoms with van der Waals surface area (Å²) < 4.78 is 25.5. The van der Waals surface area contributed by atoms with Crippen LogP contribution in [0.15, 0.2) is 0 Å². The van der Waals surface area contributed by atoms with Crippen LogP contribution in [0.25, 0.3) is 0 Å². The van der Waals surface area contributed by atoms with Gasteiger partial charge in [0.25, 0.3) is 0 Å². The van der Waals surface area contributed by atoms with Gasteiger partial charge >= 0.3 is 0 Å². The first-order valence-corrected chi connectivity index (χ1v) is 7.56. The number of hydrogen-bond acceptors (Lipinski definition) is 2. The van der Waals surface area contributed by atoms with Crippen LogP contribution in [0.3, 0.4) is 0 Å². The molecular weight excluding hydrogens is 266 g/mol. The van der Waals surface area contributed by atoms with E-state index in [0.717, 1.165) is 19.3 Å². The summed E-state index contributed by atoms with van der Waals surface area (Å²) >= 11 is 3.55. The third kappa shape index (κ3) is 1.99. The molecule has 0 spiro atoms. The maximum atomic E-state index is 11.9. The SMILES string of the molecule is CC1CCN(S(=O)(=O)C2CC2)CC1Br. The van der Waals surface area contributed by atoms with Gasteiger partial charge in [-0.2, -0.15) is 0 Å². The third-order valence-electron chi connectivity index (χ3n) is 3.13. The van der Waals surface area contributed by atoms with Gasteiger partial charge in [0.1, 0.15) is 0 Å². The molecule has 3 nitrogen and oxygen atoms in total. The average Bonchev–Trinajstić information content (AvgIpc) is 2.92. The van der Waals surface area contributed by atoms with E-state index in [4.69, 9.17) is 0 Å². The lowest BCUT2D eigenvalue weighted by Crippen LogP contribution is -2.44. The summed E-state index contributed by atoms with van der Waals surface area (Å²) in [6, 6.07) is 0. The minimum atomic E-state index is -2.94. The number of piperidine rings is 1. The number of hydrogen-bond donors (Lipinski definition) is 0. The van der Waals surface area contributed by atoms with Gasteiger partial charge in [-0.05, 0) is 25.2 Å². The number of rotatable bonds is 2. The summed E-state index contributed by atoms with van der Waals surface area (Å²) in [5.74, 6) is 0.584. The summed E-state index contributed by atoms with van der Waals surface area (Å²) in [4.78, 5) is 0.324. The van der Waals surface area contributed by atoms with Crippen molar-refractivity contribution >= 4 is 26.0 Å². The minimum absolute atomic E-state index is 0.0596. The molecule has 5 heteroatoms. The Morgan fingerprint density at radius 1 is 1.29 bits per heavy atom. The number of halogens is 1. The maximum Gasteiger partial charge on any atom is 0.217 e. The van der Waals surface area contributed by atoms with Crippen LogP contribution in [0.1, 0.15) is 26.2 Å². The van der Waals surface area contributed by atoms with Crippen molar-refractivity contribution in [2.45, 2.75) is 36.3 Å². The van der Waals surface area contributed by atoms with Crippen LogP contribution >= 0.6 is 15.9 Å². The molecule has 0 amide bonds. The molecule has 1 aliphatic carbocycles. The second-order valence-corrected chi connectivity index (χ2v) is 7.77. The van der Waals surface area contributed by atoms with E-state index in [0.29, 0.717) is 23.8 Å². The summed E-state index contributed by atoms with van der Waals surface area (Å²) in [6.45, 7) is 3.53. The molecule has 2 unspecified atom stereocenters. The highest BCUT2D eigenvalue weighted by Crippen LogP contribution is 2.34. The molecule has 2 fully saturated rings. The van der Waals surface area contributed by atoms with Gasteiger partial charge in [0.15, 0.2) is 0 Å². The van der Waals surface area contributed by atoms with Crippen LogP contribution in [0.2, 0.25) is 0 Å². The zero-order valence-corrected chi connectivity index (χ0v) is 10.7. The second-order valence-electron chi connectivity index (χ2n) is 4.38. The summed E-state index contributed by atoms with van der Waals surface area (Å²) in [5.41, 5.74) is 0. The third-order valence-corrected chi connectivity index (χ3v) is 6.69. The fourth-order valence-electron chi connectivity index (χ4n) is 1.80. The van der Waals surface area contributed by atoms with Gasteiger partial charge < -0.3 is 0 Å². The van der Waals surface area contributed by atoms with Crippen LogP contribution < -0.4 is 0 Å². The zero-order valence-electron chi connectivity index (χ0n) is 8.32. The molecule has 0 N–H and O–H groups in total. The quantitative estimate of drug-likeness (QED) is 0.721. The highest BCUT2D eigenvalue weighted by Gasteiger charge is 2.42. The Bertz CT molecular complexity index is 313. The zero-order chi connectivity index (χ0) is 10.3. The van der Waals surface area contributed by atoms with Gasteiger partial charge in [-0.15, -0.1) is 0 Å². The molecule has 2 rings (SSSR count). The Labute approximate surface area is 94.0 Å². The van der Waals surface area contributed by atoms with Crippen LogP contribution in [0, 0.1) is 5.92 Å². The summed E-state index contributed by atoms with van der Waals surface area (Å²) in [6.07, 6.45) is 2.70. The number of alkyl halides is 1. The van der Waals surface area contributed by atoms with Gasteiger partial charge in [-0.1, -0.05) is 22.9 Å². The lowest BCUT2D eigenvalue weighted by Gasteiger charge is -2.33. The average molecular weight is 282 g/mol. The van der Waals surface area contributed by atoms with Crippen molar-refractivity contribution in [3.05, 3.63) is 0 Å². The van der Waals surface area contributed by atoms with Crippen molar-refractivity contribution in [3.8, 4) is 0 Å². The molecule has 82 valence electrons. The van der Waals surface area contributed by atoms with Crippen molar-refractivity contribution in [1.29, 1.82) is 0 Å². The summed E-state index contributed by atoms with van der Waals surface area (Å²) in [7, 11) is -2.94. The molecule has 1 aliphatic heterocycles. The van der Waals surface area contributed by atoms with Gasteiger partial charge in [0, 0.05) is 17.9 Å². The highest BCUT2D eigenvalue weighted by molar-refractivity contribution is 9.09. The van der Waals surface area contributed by atoms with Crippen molar-refractivity contribution in [2.24, 2.45) is 5.92 Å². The maximum absolute atomic E-state index is 11.9. The lowest BCUT2D eigenvalue weighted by atomic mass is 10.0. The second kappa shape index (κ2) is 3.76. The van der Waals surface area contributed by atoms with Gasteiger partial charge in [0.05, 0.1) is 5.25 Å². The first-order valence-electron chi connectivity index (χ1n) is 5.15. The van der Waals surface area contributed by atoms with E-state index in [-0.39, 0.29) is 5.25 Å². The molecule has 2 atom stereocenters. The van der Waals surface area contributed by atoms with E-state index in [9.17, 15) is 8.42 Å². The molecule has 1 heterocycles. The Balaban J connectivity index is 2.05. The molecular formula is C9H16BrNO2S. The predicted octanol–water partition coefficient (Wildman–Crippen LogP) is 1.58. The minimum Gasteiger partial charge on any atom is -0.212 e. The molecule has 1 saturated carbocycles. The van der Waals surface area contributed by atoms with E-state index in [1.807, 2.05) is 0 Å². The molecule has 14 heavy (non-hydrogen) atoms. The Kier molecular flexibility index (Phi) is 2.92. The van der Waals surface area contributed by atoms with Crippen molar-refractivity contribution < 1.29 is 8.42 Å². The Morgan fingerprint density at radius 2 is 1.93 bits per heavy atom. The normalized spacial score (nSPS) is 35.9. The standard InChI is InChI=1S/C9H16BrNO2S/c1-7-4-5-11(6-9(7)10)14(12,13)8-2-3-8/h7-9H,2-6H2,1H3. The first-order chi connectivity index (χ1) is 6.51. The van der Waals surface area contributed by atoms with Crippen LogP contribution in [-0.4, -0.2) is 35.9 Å². The lowest BCUT2D eigenvalue weighted by molar-refractivity contribution is 0.299. The van der Waals surface area contributed by atoms with Gasteiger partial charge in [0.2, 0.25) is 10.0 Å².